The van der Waals surface area contributed by atoms with Crippen LogP contribution < -0.4 is 5.69 Å². The van der Waals surface area contributed by atoms with Gasteiger partial charge in [0.25, 0.3) is 0 Å². The number of H-pyrrole nitrogens is 2. The molecule has 0 aliphatic rings. The van der Waals surface area contributed by atoms with Crippen LogP contribution in [0.2, 0.25) is 0 Å². The normalized spacial score (nSPS) is 13.5. The number of nitrogens with zero attached hydrogens (tertiary/aromatic N) is 1. The molecule has 0 amide bonds. The molecule has 0 bridgehead atoms. The number of hydrogen-bond donors (Lipinski definition) is 2. The molecule has 0 aliphatic heterocycles. The molecule has 1 aromatic carbocycles. The summed E-state index contributed by atoms with van der Waals surface area (Å²) in [5.41, 5.74) is 2.56. The van der Waals surface area contributed by atoms with Gasteiger partial charge in [0.2, 0.25) is 0 Å². The van der Waals surface area contributed by atoms with Gasteiger partial charge in [-0.1, -0.05) is 6.07 Å². The molecule has 0 aliphatic carbocycles. The zero-order valence-corrected chi connectivity index (χ0v) is 10.0. The van der Waals surface area contributed by atoms with Crippen LogP contribution in [0.4, 0.5) is 0 Å². The van der Waals surface area contributed by atoms with E-state index in [9.17, 15) is 4.79 Å². The Morgan fingerprint density at radius 1 is 1.31 bits per heavy atom. The monoisotopic (exact) mass is 239 g/mol. The number of nitrogens with one attached hydrogen (secondary N) is 2. The fraction of sp³-hybridized carbons (Fsp3) is 0.364. The number of imidazole rings is 1. The Kier molecular flexibility index (Phi) is 3.03. The van der Waals surface area contributed by atoms with Gasteiger partial charge in [0.05, 0.1) is 11.0 Å². The molecule has 4 nitrogen and oxygen atoms in total. The lowest BCUT2D eigenvalue weighted by Gasteiger charge is -2.22. The van der Waals surface area contributed by atoms with Gasteiger partial charge in [-0.2, -0.15) is 0 Å². The van der Waals surface area contributed by atoms with Gasteiger partial charge in [-0.3, -0.25) is 0 Å². The second-order valence-electron chi connectivity index (χ2n) is 4.02. The third-order valence-electron chi connectivity index (χ3n) is 2.69. The molecule has 1 unspecified atom stereocenters. The van der Waals surface area contributed by atoms with Crippen molar-refractivity contribution in [3.63, 3.8) is 0 Å². The molecule has 0 radical (unpaired) electrons. The first kappa shape index (κ1) is 11.2. The average Bonchev–Trinajstić information content (AvgIpc) is 2.57. The summed E-state index contributed by atoms with van der Waals surface area (Å²) in [6, 6.07) is 6.00. The maximum atomic E-state index is 11.1. The van der Waals surface area contributed by atoms with Crippen LogP contribution in [0, 0.1) is 0 Å². The highest BCUT2D eigenvalue weighted by molar-refractivity contribution is 6.18. The molecule has 0 spiro atoms. The Bertz CT molecular complexity index is 543. The van der Waals surface area contributed by atoms with Gasteiger partial charge in [-0.05, 0) is 31.8 Å². The summed E-state index contributed by atoms with van der Waals surface area (Å²) in [5, 5.41) is 0. The van der Waals surface area contributed by atoms with Crippen molar-refractivity contribution in [1.29, 1.82) is 0 Å². The molecule has 2 aromatic rings. The molecule has 1 heterocycles. The molecule has 5 heteroatoms. The quantitative estimate of drug-likeness (QED) is 0.801. The van der Waals surface area contributed by atoms with Gasteiger partial charge in [-0.25, -0.2) is 4.79 Å². The van der Waals surface area contributed by atoms with E-state index in [1.54, 1.807) is 0 Å². The van der Waals surface area contributed by atoms with Gasteiger partial charge in [0.1, 0.15) is 0 Å². The van der Waals surface area contributed by atoms with E-state index in [2.05, 4.69) is 14.9 Å². The number of rotatable bonds is 3. The number of halogens is 1. The van der Waals surface area contributed by atoms with Gasteiger partial charge >= 0.3 is 5.69 Å². The fourth-order valence-electron chi connectivity index (χ4n) is 1.78. The zero-order chi connectivity index (χ0) is 11.7. The largest absolute Gasteiger partial charge is 0.323 e. The maximum absolute atomic E-state index is 11.1. The van der Waals surface area contributed by atoms with E-state index in [1.807, 2.05) is 32.3 Å². The molecule has 86 valence electrons. The van der Waals surface area contributed by atoms with E-state index in [-0.39, 0.29) is 11.7 Å². The molecular formula is C11H14ClN3O. The average molecular weight is 240 g/mol. The first-order valence-electron chi connectivity index (χ1n) is 5.06. The number of aromatic amines is 2. The number of fused-ring (bicyclic) bond motifs is 1. The zero-order valence-electron chi connectivity index (χ0n) is 9.25. The minimum atomic E-state index is -0.181. The third kappa shape index (κ3) is 1.99. The summed E-state index contributed by atoms with van der Waals surface area (Å²) >= 11 is 5.93. The van der Waals surface area contributed by atoms with E-state index in [0.29, 0.717) is 5.88 Å². The summed E-state index contributed by atoms with van der Waals surface area (Å²) in [5.74, 6) is 0.521. The van der Waals surface area contributed by atoms with Crippen LogP contribution in [-0.4, -0.2) is 34.8 Å². The molecule has 0 saturated carbocycles. The molecule has 1 atom stereocenters. The van der Waals surface area contributed by atoms with Crippen LogP contribution in [0.15, 0.2) is 23.0 Å². The van der Waals surface area contributed by atoms with Crippen molar-refractivity contribution >= 4 is 22.6 Å². The lowest BCUT2D eigenvalue weighted by Crippen LogP contribution is -2.21. The van der Waals surface area contributed by atoms with E-state index >= 15 is 0 Å². The fourth-order valence-corrected chi connectivity index (χ4v) is 2.24. The second kappa shape index (κ2) is 4.31. The van der Waals surface area contributed by atoms with Crippen molar-refractivity contribution in [2.24, 2.45) is 0 Å². The number of alkyl halides is 1. The molecule has 1 aromatic heterocycles. The smallest absolute Gasteiger partial charge is 0.306 e. The third-order valence-corrected chi connectivity index (χ3v) is 2.99. The molecule has 16 heavy (non-hydrogen) atoms. The van der Waals surface area contributed by atoms with Crippen LogP contribution in [0.5, 0.6) is 0 Å². The van der Waals surface area contributed by atoms with Crippen molar-refractivity contribution in [3.05, 3.63) is 34.2 Å². The molecular weight excluding hydrogens is 226 g/mol. The Hall–Kier alpha value is -1.26. The van der Waals surface area contributed by atoms with E-state index in [0.717, 1.165) is 16.6 Å². The first-order chi connectivity index (χ1) is 7.61. The molecule has 2 rings (SSSR count). The Balaban J connectivity index is 2.48. The topological polar surface area (TPSA) is 51.9 Å². The minimum Gasteiger partial charge on any atom is -0.306 e. The van der Waals surface area contributed by atoms with Crippen molar-refractivity contribution in [1.82, 2.24) is 14.9 Å². The van der Waals surface area contributed by atoms with Gasteiger partial charge < -0.3 is 14.9 Å². The van der Waals surface area contributed by atoms with E-state index < -0.39 is 0 Å². The van der Waals surface area contributed by atoms with Crippen LogP contribution in [-0.2, 0) is 0 Å². The van der Waals surface area contributed by atoms with Gasteiger partial charge in [0.15, 0.2) is 0 Å². The first-order valence-corrected chi connectivity index (χ1v) is 5.59. The van der Waals surface area contributed by atoms with Gasteiger partial charge in [0, 0.05) is 11.9 Å². The lowest BCUT2D eigenvalue weighted by atomic mass is 10.1. The molecule has 2 N–H and O–H groups in total. The van der Waals surface area contributed by atoms with E-state index in [1.165, 1.54) is 0 Å². The second-order valence-corrected chi connectivity index (χ2v) is 4.33. The Morgan fingerprint density at radius 2 is 2.00 bits per heavy atom. The molecule has 0 saturated heterocycles. The maximum Gasteiger partial charge on any atom is 0.323 e. The van der Waals surface area contributed by atoms with Crippen LogP contribution in [0.25, 0.3) is 11.0 Å². The van der Waals surface area contributed by atoms with Crippen molar-refractivity contribution in [2.45, 2.75) is 6.04 Å². The van der Waals surface area contributed by atoms with Crippen LogP contribution in [0.1, 0.15) is 11.6 Å². The summed E-state index contributed by atoms with van der Waals surface area (Å²) < 4.78 is 0. The highest BCUT2D eigenvalue weighted by Gasteiger charge is 2.13. The predicted octanol–water partition coefficient (Wildman–Crippen LogP) is 1.70. The number of hydrogen-bond acceptors (Lipinski definition) is 2. The van der Waals surface area contributed by atoms with Crippen molar-refractivity contribution < 1.29 is 0 Å². The van der Waals surface area contributed by atoms with Gasteiger partial charge in [-0.15, -0.1) is 11.6 Å². The van der Waals surface area contributed by atoms with Crippen molar-refractivity contribution in [3.8, 4) is 0 Å². The highest BCUT2D eigenvalue weighted by Crippen LogP contribution is 2.22. The Labute approximate surface area is 98.2 Å². The molecule has 0 fully saturated rings. The van der Waals surface area contributed by atoms with Crippen molar-refractivity contribution in [2.75, 3.05) is 20.0 Å². The summed E-state index contributed by atoms with van der Waals surface area (Å²) in [7, 11) is 3.97. The Morgan fingerprint density at radius 3 is 2.62 bits per heavy atom. The van der Waals surface area contributed by atoms with Crippen LogP contribution in [0.3, 0.4) is 0 Å². The highest BCUT2D eigenvalue weighted by atomic mass is 35.5. The summed E-state index contributed by atoms with van der Waals surface area (Å²) in [4.78, 5) is 18.6. The predicted molar refractivity (Wildman–Crippen MR) is 66.1 cm³/mol. The van der Waals surface area contributed by atoms with Crippen LogP contribution >= 0.6 is 11.6 Å². The standard InChI is InChI=1S/C11H14ClN3O/c1-15(2)10(6-12)7-3-4-8-9(5-7)14-11(16)13-8/h3-5,10H,6H2,1-2H3,(H2,13,14,16). The number of aromatic nitrogens is 2. The summed E-state index contributed by atoms with van der Waals surface area (Å²) in [6.45, 7) is 0. The SMILES string of the molecule is CN(C)C(CCl)c1ccc2[nH]c(=O)[nH]c2c1. The minimum absolute atomic E-state index is 0.157. The van der Waals surface area contributed by atoms with E-state index in [4.69, 9.17) is 11.6 Å². The lowest BCUT2D eigenvalue weighted by molar-refractivity contribution is 0.325. The number of benzene rings is 1. The summed E-state index contributed by atoms with van der Waals surface area (Å²) in [6.07, 6.45) is 0.